The minimum atomic E-state index is -3.78. The van der Waals surface area contributed by atoms with Crippen molar-refractivity contribution >= 4 is 27.3 Å². The molecule has 0 aliphatic rings. The van der Waals surface area contributed by atoms with E-state index in [0.29, 0.717) is 22.2 Å². The number of aryl methyl sites for hydroxylation is 2. The van der Waals surface area contributed by atoms with Gasteiger partial charge in [-0.1, -0.05) is 11.6 Å². The molecule has 0 aliphatic carbocycles. The Hall–Kier alpha value is -1.73. The number of methoxy groups -OCH3 is 1. The summed E-state index contributed by atoms with van der Waals surface area (Å²) in [5.74, 6) is 0.391. The van der Waals surface area contributed by atoms with Gasteiger partial charge in [0.2, 0.25) is 0 Å². The van der Waals surface area contributed by atoms with Gasteiger partial charge in [-0.25, -0.2) is 8.42 Å². The third kappa shape index (κ3) is 2.98. The van der Waals surface area contributed by atoms with Crippen molar-refractivity contribution in [3.05, 3.63) is 34.6 Å². The predicted octanol–water partition coefficient (Wildman–Crippen LogP) is 2.50. The van der Waals surface area contributed by atoms with Crippen LogP contribution < -0.4 is 9.46 Å². The van der Waals surface area contributed by atoms with E-state index >= 15 is 0 Å². The van der Waals surface area contributed by atoms with Crippen LogP contribution in [0.2, 0.25) is 5.02 Å². The molecule has 0 spiro atoms. The predicted molar refractivity (Wildman–Crippen MR) is 81.5 cm³/mol. The van der Waals surface area contributed by atoms with E-state index in [4.69, 9.17) is 16.3 Å². The highest BCUT2D eigenvalue weighted by atomic mass is 35.5. The largest absolute Gasteiger partial charge is 0.495 e. The second kappa shape index (κ2) is 5.57. The van der Waals surface area contributed by atoms with Crippen molar-refractivity contribution < 1.29 is 13.2 Å². The van der Waals surface area contributed by atoms with Gasteiger partial charge in [-0.15, -0.1) is 0 Å². The van der Waals surface area contributed by atoms with Crippen molar-refractivity contribution in [1.29, 1.82) is 0 Å². The van der Waals surface area contributed by atoms with Gasteiger partial charge < -0.3 is 4.74 Å². The fraction of sp³-hybridized carbons (Fsp3) is 0.308. The summed E-state index contributed by atoms with van der Waals surface area (Å²) in [5, 5.41) is 4.53. The summed E-state index contributed by atoms with van der Waals surface area (Å²) >= 11 is 5.91. The number of aromatic nitrogens is 2. The fourth-order valence-electron chi connectivity index (χ4n) is 2.10. The first-order valence-electron chi connectivity index (χ1n) is 6.13. The Morgan fingerprint density at radius 1 is 1.33 bits per heavy atom. The highest BCUT2D eigenvalue weighted by molar-refractivity contribution is 7.92. The van der Waals surface area contributed by atoms with Crippen LogP contribution in [0, 0.1) is 13.8 Å². The van der Waals surface area contributed by atoms with E-state index in [9.17, 15) is 8.42 Å². The Morgan fingerprint density at radius 3 is 2.52 bits per heavy atom. The standard InChI is InChI=1S/C13H16ClN3O3S/c1-8-13(9(2)17(3)15-8)21(18,19)16-11-7-10(14)5-6-12(11)20-4/h5-7,16H,1-4H3. The molecule has 1 aromatic carbocycles. The summed E-state index contributed by atoms with van der Waals surface area (Å²) in [6.07, 6.45) is 0. The summed E-state index contributed by atoms with van der Waals surface area (Å²) in [4.78, 5) is 0.159. The maximum atomic E-state index is 12.6. The number of rotatable bonds is 4. The van der Waals surface area contributed by atoms with Gasteiger partial charge in [-0.2, -0.15) is 5.10 Å². The highest BCUT2D eigenvalue weighted by Gasteiger charge is 2.25. The van der Waals surface area contributed by atoms with Gasteiger partial charge in [0.15, 0.2) is 0 Å². The molecular formula is C13H16ClN3O3S. The number of ether oxygens (including phenoxy) is 1. The molecule has 0 atom stereocenters. The molecule has 0 fully saturated rings. The van der Waals surface area contributed by atoms with E-state index in [2.05, 4.69) is 9.82 Å². The molecule has 114 valence electrons. The van der Waals surface area contributed by atoms with Gasteiger partial charge in [0, 0.05) is 12.1 Å². The van der Waals surface area contributed by atoms with E-state index in [-0.39, 0.29) is 10.6 Å². The third-order valence-electron chi connectivity index (χ3n) is 3.12. The second-order valence-corrected chi connectivity index (χ2v) is 6.63. The zero-order valence-electron chi connectivity index (χ0n) is 12.1. The van der Waals surface area contributed by atoms with Gasteiger partial charge in [0.1, 0.15) is 10.6 Å². The Labute approximate surface area is 128 Å². The van der Waals surface area contributed by atoms with E-state index in [1.165, 1.54) is 17.9 Å². The van der Waals surface area contributed by atoms with Crippen molar-refractivity contribution in [2.45, 2.75) is 18.7 Å². The number of halogens is 1. The van der Waals surface area contributed by atoms with Crippen LogP contribution in [0.1, 0.15) is 11.4 Å². The molecule has 8 heteroatoms. The van der Waals surface area contributed by atoms with Gasteiger partial charge in [-0.3, -0.25) is 9.40 Å². The molecule has 0 saturated carbocycles. The molecule has 0 radical (unpaired) electrons. The van der Waals surface area contributed by atoms with Crippen LogP contribution in [0.15, 0.2) is 23.1 Å². The highest BCUT2D eigenvalue weighted by Crippen LogP contribution is 2.30. The minimum absolute atomic E-state index is 0.159. The zero-order valence-corrected chi connectivity index (χ0v) is 13.7. The smallest absolute Gasteiger partial charge is 0.265 e. The molecule has 1 aromatic heterocycles. The fourth-order valence-corrected chi connectivity index (χ4v) is 3.77. The number of anilines is 1. The van der Waals surface area contributed by atoms with Gasteiger partial charge in [0.25, 0.3) is 10.0 Å². The monoisotopic (exact) mass is 329 g/mol. The molecule has 0 bridgehead atoms. The van der Waals surface area contributed by atoms with Gasteiger partial charge in [-0.05, 0) is 32.0 Å². The number of hydrogen-bond donors (Lipinski definition) is 1. The summed E-state index contributed by atoms with van der Waals surface area (Å²) in [7, 11) is -0.619. The van der Waals surface area contributed by atoms with Crippen molar-refractivity contribution in [2.24, 2.45) is 7.05 Å². The van der Waals surface area contributed by atoms with Gasteiger partial charge in [0.05, 0.1) is 24.2 Å². The molecule has 6 nitrogen and oxygen atoms in total. The second-order valence-electron chi connectivity index (χ2n) is 4.57. The summed E-state index contributed by atoms with van der Waals surface area (Å²) in [6.45, 7) is 3.35. The van der Waals surface area contributed by atoms with Crippen LogP contribution >= 0.6 is 11.6 Å². The third-order valence-corrected chi connectivity index (χ3v) is 4.97. The van der Waals surface area contributed by atoms with E-state index in [1.54, 1.807) is 33.0 Å². The molecule has 0 unspecified atom stereocenters. The van der Waals surface area contributed by atoms with E-state index < -0.39 is 10.0 Å². The molecule has 2 aromatic rings. The van der Waals surface area contributed by atoms with Crippen molar-refractivity contribution in [3.8, 4) is 5.75 Å². The van der Waals surface area contributed by atoms with Crippen LogP contribution in [0.3, 0.4) is 0 Å². The Bertz CT molecular complexity index is 784. The minimum Gasteiger partial charge on any atom is -0.495 e. The lowest BCUT2D eigenvalue weighted by Crippen LogP contribution is -2.15. The Morgan fingerprint density at radius 2 is 2.00 bits per heavy atom. The molecule has 21 heavy (non-hydrogen) atoms. The van der Waals surface area contributed by atoms with Crippen LogP contribution in [-0.4, -0.2) is 25.3 Å². The summed E-state index contributed by atoms with van der Waals surface area (Å²) < 4.78 is 34.3. The molecule has 0 aliphatic heterocycles. The lowest BCUT2D eigenvalue weighted by atomic mass is 10.3. The summed E-state index contributed by atoms with van der Waals surface area (Å²) in [6, 6.07) is 4.72. The summed E-state index contributed by atoms with van der Waals surface area (Å²) in [5.41, 5.74) is 1.28. The number of sulfonamides is 1. The quantitative estimate of drug-likeness (QED) is 0.935. The Kier molecular flexibility index (Phi) is 4.15. The van der Waals surface area contributed by atoms with Crippen molar-refractivity contribution in [1.82, 2.24) is 9.78 Å². The van der Waals surface area contributed by atoms with Gasteiger partial charge >= 0.3 is 0 Å². The maximum absolute atomic E-state index is 12.6. The normalized spacial score (nSPS) is 11.5. The molecule has 0 amide bonds. The lowest BCUT2D eigenvalue weighted by molar-refractivity contribution is 0.417. The average Bonchev–Trinajstić information content (AvgIpc) is 2.63. The van der Waals surface area contributed by atoms with Crippen LogP contribution in [0.4, 0.5) is 5.69 Å². The van der Waals surface area contributed by atoms with E-state index in [0.717, 1.165) is 0 Å². The molecule has 1 heterocycles. The van der Waals surface area contributed by atoms with Crippen LogP contribution in [-0.2, 0) is 17.1 Å². The zero-order chi connectivity index (χ0) is 15.8. The van der Waals surface area contributed by atoms with Crippen LogP contribution in [0.5, 0.6) is 5.75 Å². The van der Waals surface area contributed by atoms with Crippen LogP contribution in [0.25, 0.3) is 0 Å². The number of nitrogens with zero attached hydrogens (tertiary/aromatic N) is 2. The Balaban J connectivity index is 2.50. The SMILES string of the molecule is COc1ccc(Cl)cc1NS(=O)(=O)c1c(C)nn(C)c1C. The van der Waals surface area contributed by atoms with E-state index in [1.807, 2.05) is 0 Å². The molecule has 1 N–H and O–H groups in total. The molecule has 2 rings (SSSR count). The first-order chi connectivity index (χ1) is 9.76. The first kappa shape index (κ1) is 15.7. The molecular weight excluding hydrogens is 314 g/mol. The number of benzene rings is 1. The lowest BCUT2D eigenvalue weighted by Gasteiger charge is -2.12. The van der Waals surface area contributed by atoms with Crippen molar-refractivity contribution in [2.75, 3.05) is 11.8 Å². The molecule has 0 saturated heterocycles. The average molecular weight is 330 g/mol. The number of hydrogen-bond acceptors (Lipinski definition) is 4. The maximum Gasteiger partial charge on any atom is 0.265 e. The first-order valence-corrected chi connectivity index (χ1v) is 7.99. The number of nitrogens with one attached hydrogen (secondary N) is 1. The topological polar surface area (TPSA) is 73.2 Å². The van der Waals surface area contributed by atoms with Crippen molar-refractivity contribution in [3.63, 3.8) is 0 Å².